The van der Waals surface area contributed by atoms with Crippen LogP contribution in [0.25, 0.3) is 0 Å². The molecule has 0 aliphatic carbocycles. The predicted molar refractivity (Wildman–Crippen MR) is 54.4 cm³/mol. The van der Waals surface area contributed by atoms with Gasteiger partial charge in [0.25, 0.3) is 0 Å². The van der Waals surface area contributed by atoms with Crippen molar-refractivity contribution in [3.8, 4) is 0 Å². The Morgan fingerprint density at radius 2 is 2.14 bits per heavy atom. The van der Waals surface area contributed by atoms with Gasteiger partial charge in [0.1, 0.15) is 5.82 Å². The smallest absolute Gasteiger partial charge is 0.123 e. The van der Waals surface area contributed by atoms with Crippen LogP contribution in [0.15, 0.2) is 18.2 Å². The van der Waals surface area contributed by atoms with E-state index in [1.54, 1.807) is 13.0 Å². The van der Waals surface area contributed by atoms with Gasteiger partial charge in [-0.15, -0.1) is 0 Å². The molecule has 0 heterocycles. The Labute approximate surface area is 83.6 Å². The second kappa shape index (κ2) is 4.53. The van der Waals surface area contributed by atoms with Gasteiger partial charge < -0.3 is 10.8 Å². The first-order chi connectivity index (χ1) is 6.56. The Morgan fingerprint density at radius 3 is 2.64 bits per heavy atom. The molecule has 0 saturated heterocycles. The highest BCUT2D eigenvalue weighted by molar-refractivity contribution is 5.29. The number of nitrogens with two attached hydrogens (primary N) is 1. The van der Waals surface area contributed by atoms with Crippen molar-refractivity contribution in [1.82, 2.24) is 0 Å². The lowest BCUT2D eigenvalue weighted by atomic mass is 9.97. The summed E-state index contributed by atoms with van der Waals surface area (Å²) < 4.78 is 12.8. The summed E-state index contributed by atoms with van der Waals surface area (Å²) in [6, 6.07) is 4.04. The van der Waals surface area contributed by atoms with E-state index in [0.717, 1.165) is 5.56 Å². The number of halogens is 1. The first-order valence-corrected chi connectivity index (χ1v) is 4.76. The van der Waals surface area contributed by atoms with Gasteiger partial charge in [-0.3, -0.25) is 0 Å². The van der Waals surface area contributed by atoms with Gasteiger partial charge in [-0.05, 0) is 36.6 Å². The van der Waals surface area contributed by atoms with Crippen LogP contribution in [-0.4, -0.2) is 11.1 Å². The Hall–Kier alpha value is -0.930. The number of hydrogen-bond acceptors (Lipinski definition) is 2. The summed E-state index contributed by atoms with van der Waals surface area (Å²) in [5.74, 6) is -0.288. The quantitative estimate of drug-likeness (QED) is 0.777. The molecule has 0 spiro atoms. The van der Waals surface area contributed by atoms with Gasteiger partial charge >= 0.3 is 0 Å². The van der Waals surface area contributed by atoms with Gasteiger partial charge in [0.05, 0.1) is 6.10 Å². The summed E-state index contributed by atoms with van der Waals surface area (Å²) in [4.78, 5) is 0. The molecule has 14 heavy (non-hydrogen) atoms. The molecule has 0 unspecified atom stereocenters. The molecule has 2 nitrogen and oxygen atoms in total. The zero-order valence-electron chi connectivity index (χ0n) is 8.50. The fraction of sp³-hybridized carbons (Fsp3) is 0.455. The SMILES string of the molecule is CC[C@@H](N)[C@H](O)c1ccc(F)cc1C. The molecule has 0 amide bonds. The molecule has 78 valence electrons. The summed E-state index contributed by atoms with van der Waals surface area (Å²) >= 11 is 0. The lowest BCUT2D eigenvalue weighted by Crippen LogP contribution is -2.27. The fourth-order valence-corrected chi connectivity index (χ4v) is 1.42. The van der Waals surface area contributed by atoms with Crippen molar-refractivity contribution in [2.45, 2.75) is 32.4 Å². The Balaban J connectivity index is 2.95. The van der Waals surface area contributed by atoms with Gasteiger partial charge in [0.15, 0.2) is 0 Å². The maximum Gasteiger partial charge on any atom is 0.123 e. The van der Waals surface area contributed by atoms with Crippen LogP contribution in [0.1, 0.15) is 30.6 Å². The van der Waals surface area contributed by atoms with E-state index in [1.807, 2.05) is 6.92 Å². The monoisotopic (exact) mass is 197 g/mol. The number of aliphatic hydroxyl groups is 1. The zero-order chi connectivity index (χ0) is 10.7. The maximum atomic E-state index is 12.8. The highest BCUT2D eigenvalue weighted by Crippen LogP contribution is 2.21. The van der Waals surface area contributed by atoms with Gasteiger partial charge in [0, 0.05) is 6.04 Å². The standard InChI is InChI=1S/C11H16FNO/c1-3-10(13)11(14)9-5-4-8(12)6-7(9)2/h4-6,10-11,14H,3,13H2,1-2H3/t10-,11-/m1/s1. The van der Waals surface area contributed by atoms with E-state index in [-0.39, 0.29) is 11.9 Å². The van der Waals surface area contributed by atoms with Crippen LogP contribution in [0.5, 0.6) is 0 Å². The molecule has 3 heteroatoms. The molecule has 1 rings (SSSR count). The second-order valence-electron chi connectivity index (χ2n) is 3.52. The molecule has 0 aliphatic heterocycles. The Bertz CT molecular complexity index is 314. The van der Waals surface area contributed by atoms with E-state index in [2.05, 4.69) is 0 Å². The van der Waals surface area contributed by atoms with E-state index in [9.17, 15) is 9.50 Å². The molecular weight excluding hydrogens is 181 g/mol. The molecule has 3 N–H and O–H groups in total. The normalized spacial score (nSPS) is 15.2. The van der Waals surface area contributed by atoms with Crippen LogP contribution >= 0.6 is 0 Å². The number of aryl methyl sites for hydroxylation is 1. The topological polar surface area (TPSA) is 46.2 Å². The van der Waals surface area contributed by atoms with E-state index in [1.165, 1.54) is 12.1 Å². The third-order valence-electron chi connectivity index (χ3n) is 2.43. The summed E-state index contributed by atoms with van der Waals surface area (Å²) in [6.07, 6.45) is -0.0153. The summed E-state index contributed by atoms with van der Waals surface area (Å²) in [5.41, 5.74) is 7.16. The van der Waals surface area contributed by atoms with Gasteiger partial charge in [0.2, 0.25) is 0 Å². The van der Waals surface area contributed by atoms with Crippen LogP contribution in [0.2, 0.25) is 0 Å². The zero-order valence-corrected chi connectivity index (χ0v) is 8.50. The summed E-state index contributed by atoms with van der Waals surface area (Å²) in [5, 5.41) is 9.81. The van der Waals surface area contributed by atoms with Crippen LogP contribution in [0.4, 0.5) is 4.39 Å². The molecule has 0 saturated carbocycles. The lowest BCUT2D eigenvalue weighted by molar-refractivity contribution is 0.143. The van der Waals surface area contributed by atoms with Crippen LogP contribution < -0.4 is 5.73 Å². The Kier molecular flexibility index (Phi) is 3.61. The minimum atomic E-state index is -0.708. The third kappa shape index (κ3) is 2.30. The molecule has 0 aliphatic rings. The van der Waals surface area contributed by atoms with Crippen molar-refractivity contribution in [1.29, 1.82) is 0 Å². The van der Waals surface area contributed by atoms with Crippen molar-refractivity contribution < 1.29 is 9.50 Å². The van der Waals surface area contributed by atoms with E-state index in [0.29, 0.717) is 12.0 Å². The maximum absolute atomic E-state index is 12.8. The highest BCUT2D eigenvalue weighted by Gasteiger charge is 2.16. The van der Waals surface area contributed by atoms with Crippen molar-refractivity contribution in [3.05, 3.63) is 35.1 Å². The summed E-state index contributed by atoms with van der Waals surface area (Å²) in [6.45, 7) is 3.68. The number of rotatable bonds is 3. The van der Waals surface area contributed by atoms with Crippen molar-refractivity contribution in [2.75, 3.05) is 0 Å². The van der Waals surface area contributed by atoms with Gasteiger partial charge in [-0.25, -0.2) is 4.39 Å². The minimum Gasteiger partial charge on any atom is -0.387 e. The first kappa shape index (κ1) is 11.1. The van der Waals surface area contributed by atoms with Crippen molar-refractivity contribution in [2.24, 2.45) is 5.73 Å². The molecule has 0 radical (unpaired) electrons. The average Bonchev–Trinajstić information content (AvgIpc) is 2.15. The molecule has 0 aromatic heterocycles. The van der Waals surface area contributed by atoms with Crippen LogP contribution in [-0.2, 0) is 0 Å². The van der Waals surface area contributed by atoms with Gasteiger partial charge in [-0.1, -0.05) is 13.0 Å². The molecular formula is C11H16FNO. The average molecular weight is 197 g/mol. The summed E-state index contributed by atoms with van der Waals surface area (Å²) in [7, 11) is 0. The molecule has 1 aromatic rings. The molecule has 1 aromatic carbocycles. The van der Waals surface area contributed by atoms with Gasteiger partial charge in [-0.2, -0.15) is 0 Å². The van der Waals surface area contributed by atoms with E-state index < -0.39 is 6.10 Å². The van der Waals surface area contributed by atoms with E-state index >= 15 is 0 Å². The molecule has 2 atom stereocenters. The largest absolute Gasteiger partial charge is 0.387 e. The number of benzene rings is 1. The minimum absolute atomic E-state index is 0.288. The molecule has 0 fully saturated rings. The van der Waals surface area contributed by atoms with Crippen molar-refractivity contribution in [3.63, 3.8) is 0 Å². The van der Waals surface area contributed by atoms with Crippen LogP contribution in [0.3, 0.4) is 0 Å². The number of hydrogen-bond donors (Lipinski definition) is 2. The lowest BCUT2D eigenvalue weighted by Gasteiger charge is -2.19. The molecule has 0 bridgehead atoms. The second-order valence-corrected chi connectivity index (χ2v) is 3.52. The first-order valence-electron chi connectivity index (χ1n) is 4.76. The van der Waals surface area contributed by atoms with Crippen LogP contribution in [0, 0.1) is 12.7 Å². The van der Waals surface area contributed by atoms with E-state index in [4.69, 9.17) is 5.73 Å². The fourth-order valence-electron chi connectivity index (χ4n) is 1.42. The Morgan fingerprint density at radius 1 is 1.50 bits per heavy atom. The third-order valence-corrected chi connectivity index (χ3v) is 2.43. The predicted octanol–water partition coefficient (Wildman–Crippen LogP) is 1.90. The highest BCUT2D eigenvalue weighted by atomic mass is 19.1. The van der Waals surface area contributed by atoms with Crippen molar-refractivity contribution >= 4 is 0 Å². The number of aliphatic hydroxyl groups excluding tert-OH is 1.